The van der Waals surface area contributed by atoms with Gasteiger partial charge in [0.2, 0.25) is 0 Å². The number of nitrogens with one attached hydrogen (secondary N) is 1. The highest BCUT2D eigenvalue weighted by Gasteiger charge is 2.11. The van der Waals surface area contributed by atoms with Crippen LogP contribution in [0.15, 0.2) is 18.2 Å². The number of pyridine rings is 1. The zero-order valence-electron chi connectivity index (χ0n) is 10.3. The third kappa shape index (κ3) is 3.41. The van der Waals surface area contributed by atoms with E-state index in [9.17, 15) is 5.11 Å². The number of hydrogen-bond donors (Lipinski definition) is 2. The van der Waals surface area contributed by atoms with Crippen molar-refractivity contribution in [2.45, 2.75) is 13.5 Å². The van der Waals surface area contributed by atoms with Gasteiger partial charge in [0.25, 0.3) is 0 Å². The minimum absolute atomic E-state index is 0.0146. The Balaban J connectivity index is 2.26. The third-order valence-corrected chi connectivity index (χ3v) is 3.68. The Kier molecular flexibility index (Phi) is 4.86. The van der Waals surface area contributed by atoms with Crippen LogP contribution >= 0.6 is 46.4 Å². The first-order chi connectivity index (χ1) is 9.38. The van der Waals surface area contributed by atoms with Crippen molar-refractivity contribution in [3.8, 4) is 5.75 Å². The van der Waals surface area contributed by atoms with Crippen molar-refractivity contribution in [2.24, 2.45) is 0 Å². The number of aromatic hydroxyl groups is 1. The van der Waals surface area contributed by atoms with Crippen LogP contribution < -0.4 is 5.32 Å². The predicted molar refractivity (Wildman–Crippen MR) is 84.4 cm³/mol. The Morgan fingerprint density at radius 3 is 2.50 bits per heavy atom. The summed E-state index contributed by atoms with van der Waals surface area (Å²) in [4.78, 5) is 3.96. The molecule has 0 aliphatic rings. The van der Waals surface area contributed by atoms with E-state index < -0.39 is 0 Å². The number of anilines is 1. The largest absolute Gasteiger partial charge is 0.506 e. The van der Waals surface area contributed by atoms with E-state index in [0.717, 1.165) is 5.56 Å². The number of phenolic OH excluding ortho intramolecular Hbond substituents is 1. The second-order valence-corrected chi connectivity index (χ2v) is 5.77. The summed E-state index contributed by atoms with van der Waals surface area (Å²) in [6.07, 6.45) is 0. The van der Waals surface area contributed by atoms with Crippen molar-refractivity contribution in [3.63, 3.8) is 0 Å². The number of phenols is 1. The van der Waals surface area contributed by atoms with Gasteiger partial charge in [-0.15, -0.1) is 0 Å². The summed E-state index contributed by atoms with van der Waals surface area (Å²) in [6, 6.07) is 4.80. The van der Waals surface area contributed by atoms with E-state index in [0.29, 0.717) is 28.0 Å². The molecule has 3 nitrogen and oxygen atoms in total. The smallest absolute Gasteiger partial charge is 0.154 e. The SMILES string of the molecule is Cc1cc(Cl)nc(Cl)c1NCc1cc(Cl)cc(Cl)c1O. The number of aromatic nitrogens is 1. The molecule has 1 aromatic carbocycles. The molecule has 20 heavy (non-hydrogen) atoms. The lowest BCUT2D eigenvalue weighted by molar-refractivity contribution is 0.469. The number of benzene rings is 1. The summed E-state index contributed by atoms with van der Waals surface area (Å²) in [5.41, 5.74) is 2.06. The molecule has 7 heteroatoms. The topological polar surface area (TPSA) is 45.2 Å². The summed E-state index contributed by atoms with van der Waals surface area (Å²) in [5.74, 6) is -0.0146. The lowest BCUT2D eigenvalue weighted by Gasteiger charge is -2.13. The second kappa shape index (κ2) is 6.27. The highest BCUT2D eigenvalue weighted by molar-refractivity contribution is 6.36. The minimum atomic E-state index is -0.0146. The number of aryl methyl sites for hydroxylation is 1. The standard InChI is InChI=1S/C13H10Cl4N2O/c1-6-2-10(16)19-13(17)11(6)18-5-7-3-8(14)4-9(15)12(7)20/h2-4,18,20H,5H2,1H3. The first-order valence-electron chi connectivity index (χ1n) is 5.62. The molecule has 0 amide bonds. The molecule has 0 spiro atoms. The van der Waals surface area contributed by atoms with Gasteiger partial charge in [0.05, 0.1) is 10.7 Å². The van der Waals surface area contributed by atoms with Crippen LogP contribution in [0.5, 0.6) is 5.75 Å². The average molecular weight is 352 g/mol. The zero-order chi connectivity index (χ0) is 14.9. The molecule has 0 aliphatic carbocycles. The van der Waals surface area contributed by atoms with Crippen LogP contribution in [-0.2, 0) is 6.54 Å². The molecule has 2 N–H and O–H groups in total. The van der Waals surface area contributed by atoms with Crippen molar-refractivity contribution in [1.82, 2.24) is 4.98 Å². The molecule has 0 unspecified atom stereocenters. The Labute approximate surface area is 136 Å². The Bertz CT molecular complexity index is 638. The molecular formula is C13H10Cl4N2O. The molecule has 0 saturated heterocycles. The zero-order valence-corrected chi connectivity index (χ0v) is 13.4. The maximum absolute atomic E-state index is 9.88. The van der Waals surface area contributed by atoms with Crippen LogP contribution in [0.2, 0.25) is 20.4 Å². The molecule has 0 radical (unpaired) electrons. The van der Waals surface area contributed by atoms with Gasteiger partial charge in [-0.1, -0.05) is 46.4 Å². The van der Waals surface area contributed by atoms with Gasteiger partial charge < -0.3 is 10.4 Å². The van der Waals surface area contributed by atoms with E-state index in [1.807, 2.05) is 6.92 Å². The van der Waals surface area contributed by atoms with Crippen LogP contribution in [0.3, 0.4) is 0 Å². The van der Waals surface area contributed by atoms with Gasteiger partial charge in [-0.05, 0) is 30.7 Å². The number of hydrogen-bond acceptors (Lipinski definition) is 3. The lowest BCUT2D eigenvalue weighted by Crippen LogP contribution is -2.03. The number of rotatable bonds is 3. The predicted octanol–water partition coefficient (Wildman–Crippen LogP) is 5.32. The van der Waals surface area contributed by atoms with Crippen LogP contribution in [0.25, 0.3) is 0 Å². The van der Waals surface area contributed by atoms with Crippen molar-refractivity contribution < 1.29 is 5.11 Å². The van der Waals surface area contributed by atoms with Crippen molar-refractivity contribution in [2.75, 3.05) is 5.32 Å². The van der Waals surface area contributed by atoms with Crippen LogP contribution in [0.1, 0.15) is 11.1 Å². The highest BCUT2D eigenvalue weighted by Crippen LogP contribution is 2.33. The summed E-state index contributed by atoms with van der Waals surface area (Å²) in [7, 11) is 0. The maximum Gasteiger partial charge on any atom is 0.154 e. The molecule has 0 bridgehead atoms. The third-order valence-electron chi connectivity index (χ3n) is 2.70. The van der Waals surface area contributed by atoms with Crippen LogP contribution in [-0.4, -0.2) is 10.1 Å². The fourth-order valence-corrected chi connectivity index (χ4v) is 2.88. The first-order valence-corrected chi connectivity index (χ1v) is 7.13. The van der Waals surface area contributed by atoms with Gasteiger partial charge in [0.1, 0.15) is 10.9 Å². The highest BCUT2D eigenvalue weighted by atomic mass is 35.5. The van der Waals surface area contributed by atoms with E-state index in [1.54, 1.807) is 12.1 Å². The van der Waals surface area contributed by atoms with Gasteiger partial charge in [0, 0.05) is 17.1 Å². The Hall–Kier alpha value is -0.870. The van der Waals surface area contributed by atoms with E-state index in [-0.39, 0.29) is 15.9 Å². The first kappa shape index (κ1) is 15.5. The summed E-state index contributed by atoms with van der Waals surface area (Å²) in [6.45, 7) is 2.16. The lowest BCUT2D eigenvalue weighted by atomic mass is 10.2. The molecule has 1 heterocycles. The summed E-state index contributed by atoms with van der Waals surface area (Å²) in [5, 5.41) is 14.2. The second-order valence-electron chi connectivity index (χ2n) is 4.18. The van der Waals surface area contributed by atoms with E-state index in [4.69, 9.17) is 46.4 Å². The molecule has 0 atom stereocenters. The van der Waals surface area contributed by atoms with E-state index >= 15 is 0 Å². The molecule has 0 saturated carbocycles. The van der Waals surface area contributed by atoms with E-state index in [2.05, 4.69) is 10.3 Å². The summed E-state index contributed by atoms with van der Waals surface area (Å²) < 4.78 is 0. The van der Waals surface area contributed by atoms with Gasteiger partial charge in [-0.25, -0.2) is 4.98 Å². The molecule has 2 rings (SSSR count). The van der Waals surface area contributed by atoms with Gasteiger partial charge in [-0.3, -0.25) is 0 Å². The molecule has 106 valence electrons. The molecule has 0 aliphatic heterocycles. The molecule has 1 aromatic heterocycles. The van der Waals surface area contributed by atoms with Gasteiger partial charge in [0.15, 0.2) is 5.15 Å². The number of nitrogens with zero attached hydrogens (tertiary/aromatic N) is 1. The number of halogens is 4. The monoisotopic (exact) mass is 350 g/mol. The van der Waals surface area contributed by atoms with Gasteiger partial charge in [-0.2, -0.15) is 0 Å². The molecule has 2 aromatic rings. The normalized spacial score (nSPS) is 10.7. The molecule has 0 fully saturated rings. The maximum atomic E-state index is 9.88. The Morgan fingerprint density at radius 2 is 1.85 bits per heavy atom. The van der Waals surface area contributed by atoms with E-state index in [1.165, 1.54) is 6.07 Å². The van der Waals surface area contributed by atoms with Crippen LogP contribution in [0.4, 0.5) is 5.69 Å². The van der Waals surface area contributed by atoms with Gasteiger partial charge >= 0.3 is 0 Å². The minimum Gasteiger partial charge on any atom is -0.506 e. The Morgan fingerprint density at radius 1 is 1.15 bits per heavy atom. The summed E-state index contributed by atoms with van der Waals surface area (Å²) >= 11 is 23.6. The quantitative estimate of drug-likeness (QED) is 0.735. The van der Waals surface area contributed by atoms with Crippen LogP contribution in [0, 0.1) is 6.92 Å². The fraction of sp³-hybridized carbons (Fsp3) is 0.154. The van der Waals surface area contributed by atoms with Crippen molar-refractivity contribution >= 4 is 52.1 Å². The van der Waals surface area contributed by atoms with Crippen molar-refractivity contribution in [1.29, 1.82) is 0 Å². The fourth-order valence-electron chi connectivity index (χ4n) is 1.75. The molecular weight excluding hydrogens is 342 g/mol. The average Bonchev–Trinajstić information content (AvgIpc) is 2.33. The van der Waals surface area contributed by atoms with Crippen molar-refractivity contribution in [3.05, 3.63) is 49.7 Å².